The molecule has 0 fully saturated rings. The summed E-state index contributed by atoms with van der Waals surface area (Å²) in [5.41, 5.74) is 0.778. The molecule has 0 aromatic heterocycles. The second-order valence-corrected chi connectivity index (χ2v) is 9.55. The molecule has 39 heavy (non-hydrogen) atoms. The van der Waals surface area contributed by atoms with Crippen molar-refractivity contribution in [3.63, 3.8) is 0 Å². The van der Waals surface area contributed by atoms with Gasteiger partial charge in [-0.15, -0.1) is 0 Å². The van der Waals surface area contributed by atoms with Crippen LogP contribution in [0.3, 0.4) is 0 Å². The van der Waals surface area contributed by atoms with Crippen molar-refractivity contribution in [3.05, 3.63) is 129 Å². The molecule has 0 heterocycles. The van der Waals surface area contributed by atoms with Gasteiger partial charge >= 0.3 is 6.18 Å². The van der Waals surface area contributed by atoms with Crippen LogP contribution in [-0.4, -0.2) is 0 Å². The quantitative estimate of drug-likeness (QED) is 0.145. The Kier molecular flexibility index (Phi) is 8.78. The first-order chi connectivity index (χ1) is 18.6. The zero-order valence-corrected chi connectivity index (χ0v) is 21.3. The SMILES string of the molecule is C/C=C/CCc1cc(F)c(CCc2ccc3c(F)c(CCc4ccc(C(F)(F)F)c(F)c4)ccc3c2)c(F)c1. The van der Waals surface area contributed by atoms with E-state index in [1.165, 1.54) is 18.2 Å². The van der Waals surface area contributed by atoms with Gasteiger partial charge < -0.3 is 0 Å². The Balaban J connectivity index is 1.44. The van der Waals surface area contributed by atoms with Crippen LogP contribution in [0.1, 0.15) is 46.7 Å². The number of halogens is 7. The second-order valence-electron chi connectivity index (χ2n) is 9.55. The van der Waals surface area contributed by atoms with Crippen LogP contribution in [-0.2, 0) is 38.3 Å². The molecule has 0 bridgehead atoms. The van der Waals surface area contributed by atoms with Crippen LogP contribution in [0.5, 0.6) is 0 Å². The van der Waals surface area contributed by atoms with E-state index in [0.29, 0.717) is 52.8 Å². The summed E-state index contributed by atoms with van der Waals surface area (Å²) in [5, 5.41) is 0.979. The smallest absolute Gasteiger partial charge is 0.207 e. The molecule has 0 atom stereocenters. The molecule has 0 saturated heterocycles. The summed E-state index contributed by atoms with van der Waals surface area (Å²) < 4.78 is 96.5. The number of rotatable bonds is 9. The lowest BCUT2D eigenvalue weighted by molar-refractivity contribution is -0.140. The number of allylic oxidation sites excluding steroid dienone is 2. The number of fused-ring (bicyclic) bond motifs is 1. The highest BCUT2D eigenvalue weighted by atomic mass is 19.4. The van der Waals surface area contributed by atoms with Gasteiger partial charge in [-0.05, 0) is 97.4 Å². The molecule has 0 unspecified atom stereocenters. The van der Waals surface area contributed by atoms with Gasteiger partial charge in [0.05, 0.1) is 5.56 Å². The van der Waals surface area contributed by atoms with Gasteiger partial charge in [-0.2, -0.15) is 13.2 Å². The van der Waals surface area contributed by atoms with Crippen LogP contribution in [0.15, 0.2) is 72.8 Å². The van der Waals surface area contributed by atoms with E-state index in [1.54, 1.807) is 30.3 Å². The van der Waals surface area contributed by atoms with E-state index in [1.807, 2.05) is 19.1 Å². The molecule has 4 aromatic carbocycles. The Morgan fingerprint density at radius 2 is 1.28 bits per heavy atom. The van der Waals surface area contributed by atoms with Crippen molar-refractivity contribution in [2.24, 2.45) is 0 Å². The number of benzene rings is 4. The van der Waals surface area contributed by atoms with E-state index < -0.39 is 35.0 Å². The predicted molar refractivity (Wildman–Crippen MR) is 140 cm³/mol. The van der Waals surface area contributed by atoms with Crippen molar-refractivity contribution in [2.75, 3.05) is 0 Å². The summed E-state index contributed by atoms with van der Waals surface area (Å²) in [4.78, 5) is 0. The van der Waals surface area contributed by atoms with Crippen LogP contribution < -0.4 is 0 Å². The van der Waals surface area contributed by atoms with Crippen molar-refractivity contribution in [3.8, 4) is 0 Å². The maximum atomic E-state index is 15.2. The maximum absolute atomic E-state index is 15.2. The first-order valence-electron chi connectivity index (χ1n) is 12.7. The number of hydrogen-bond donors (Lipinski definition) is 0. The molecule has 0 saturated carbocycles. The molecule has 7 heteroatoms. The summed E-state index contributed by atoms with van der Waals surface area (Å²) in [6.45, 7) is 1.89. The Morgan fingerprint density at radius 3 is 1.95 bits per heavy atom. The summed E-state index contributed by atoms with van der Waals surface area (Å²) >= 11 is 0. The van der Waals surface area contributed by atoms with E-state index >= 15 is 4.39 Å². The highest BCUT2D eigenvalue weighted by molar-refractivity contribution is 5.84. The first kappa shape index (κ1) is 28.4. The molecule has 0 aliphatic heterocycles. The number of aryl methyl sites for hydroxylation is 4. The topological polar surface area (TPSA) is 0 Å². The molecular weight excluding hydrogens is 517 g/mol. The first-order valence-corrected chi connectivity index (χ1v) is 12.7. The van der Waals surface area contributed by atoms with Crippen LogP contribution in [0.25, 0.3) is 10.8 Å². The van der Waals surface area contributed by atoms with Gasteiger partial charge in [-0.1, -0.05) is 48.6 Å². The molecule has 0 nitrogen and oxygen atoms in total. The van der Waals surface area contributed by atoms with Gasteiger partial charge in [0.2, 0.25) is 0 Å². The molecule has 204 valence electrons. The maximum Gasteiger partial charge on any atom is 0.419 e. The van der Waals surface area contributed by atoms with Gasteiger partial charge in [-0.3, -0.25) is 0 Å². The van der Waals surface area contributed by atoms with E-state index in [-0.39, 0.29) is 24.8 Å². The average molecular weight is 545 g/mol. The van der Waals surface area contributed by atoms with Crippen molar-refractivity contribution >= 4 is 10.8 Å². The lowest BCUT2D eigenvalue weighted by atomic mass is 9.96. The summed E-state index contributed by atoms with van der Waals surface area (Å²) in [6.07, 6.45) is 1.19. The lowest BCUT2D eigenvalue weighted by Gasteiger charge is -2.11. The van der Waals surface area contributed by atoms with Crippen molar-refractivity contribution in [1.82, 2.24) is 0 Å². The highest BCUT2D eigenvalue weighted by Crippen LogP contribution is 2.32. The third kappa shape index (κ3) is 6.88. The normalized spacial score (nSPS) is 12.1. The molecule has 0 aliphatic carbocycles. The molecule has 0 amide bonds. The zero-order chi connectivity index (χ0) is 28.2. The third-order valence-electron chi connectivity index (χ3n) is 6.82. The standard InChI is InChI=1S/C32H27F7/c1-2-3-4-5-22-18-28(33)26(29(34)19-22)14-8-20-7-13-25-24(16-20)12-11-23(31(25)36)10-6-21-9-15-27(30(35)17-21)32(37,38)39/h2-3,7,9,11-13,15-19H,4-6,8,10,14H2,1H3/b3-2+. The minimum absolute atomic E-state index is 0.0195. The fraction of sp³-hybridized carbons (Fsp3) is 0.250. The molecular formula is C32H27F7. The average Bonchev–Trinajstić information content (AvgIpc) is 2.87. The van der Waals surface area contributed by atoms with Crippen LogP contribution >= 0.6 is 0 Å². The third-order valence-corrected chi connectivity index (χ3v) is 6.82. The van der Waals surface area contributed by atoms with Gasteiger partial charge in [-0.25, -0.2) is 17.6 Å². The largest absolute Gasteiger partial charge is 0.419 e. The number of hydrogen-bond acceptors (Lipinski definition) is 0. The second kappa shape index (κ2) is 12.1. The monoisotopic (exact) mass is 544 g/mol. The van der Waals surface area contributed by atoms with Gasteiger partial charge in [0.1, 0.15) is 23.3 Å². The van der Waals surface area contributed by atoms with Crippen molar-refractivity contribution in [1.29, 1.82) is 0 Å². The Morgan fingerprint density at radius 1 is 0.641 bits per heavy atom. The Bertz CT molecular complexity index is 1480. The molecule has 0 radical (unpaired) electrons. The lowest BCUT2D eigenvalue weighted by Crippen LogP contribution is -2.08. The summed E-state index contributed by atoms with van der Waals surface area (Å²) in [6, 6.07) is 13.9. The van der Waals surface area contributed by atoms with E-state index in [4.69, 9.17) is 0 Å². The van der Waals surface area contributed by atoms with Gasteiger partial charge in [0, 0.05) is 10.9 Å². The van der Waals surface area contributed by atoms with Crippen LogP contribution in [0, 0.1) is 23.3 Å². The molecule has 4 rings (SSSR count). The zero-order valence-electron chi connectivity index (χ0n) is 21.3. The van der Waals surface area contributed by atoms with Gasteiger partial charge in [0.25, 0.3) is 0 Å². The van der Waals surface area contributed by atoms with E-state index in [2.05, 4.69) is 0 Å². The minimum Gasteiger partial charge on any atom is -0.207 e. The fourth-order valence-electron chi connectivity index (χ4n) is 4.68. The molecule has 0 N–H and O–H groups in total. The van der Waals surface area contributed by atoms with E-state index in [0.717, 1.165) is 11.6 Å². The van der Waals surface area contributed by atoms with Crippen molar-refractivity contribution in [2.45, 2.75) is 51.6 Å². The summed E-state index contributed by atoms with van der Waals surface area (Å²) in [7, 11) is 0. The molecule has 0 aliphatic rings. The molecule has 4 aromatic rings. The van der Waals surface area contributed by atoms with E-state index in [9.17, 15) is 26.3 Å². The van der Waals surface area contributed by atoms with Crippen LogP contribution in [0.4, 0.5) is 30.7 Å². The number of alkyl halides is 3. The highest BCUT2D eigenvalue weighted by Gasteiger charge is 2.33. The Labute approximate surface area is 222 Å². The van der Waals surface area contributed by atoms with Crippen LogP contribution in [0.2, 0.25) is 0 Å². The Hall–Kier alpha value is -3.61. The predicted octanol–water partition coefficient (Wildman–Crippen LogP) is 9.49. The fourth-order valence-corrected chi connectivity index (χ4v) is 4.68. The molecule has 0 spiro atoms. The summed E-state index contributed by atoms with van der Waals surface area (Å²) in [5.74, 6) is -2.96. The minimum atomic E-state index is -4.77. The van der Waals surface area contributed by atoms with Crippen molar-refractivity contribution < 1.29 is 30.7 Å². The van der Waals surface area contributed by atoms with Gasteiger partial charge in [0.15, 0.2) is 0 Å².